The van der Waals surface area contributed by atoms with E-state index in [1.165, 1.54) is 21.3 Å². The van der Waals surface area contributed by atoms with Crippen molar-refractivity contribution < 1.29 is 33.2 Å². The minimum atomic E-state index is -1.68. The molecule has 4 rings (SSSR count). The SMILES string of the molecule is COc1cc(C)cc2c1-c1c(c(OC)c3c(OC)cccc3c1OC)C(=O)C2(OC)OC. The van der Waals surface area contributed by atoms with E-state index in [9.17, 15) is 4.79 Å². The first-order chi connectivity index (χ1) is 15.4. The smallest absolute Gasteiger partial charge is 0.261 e. The molecule has 1 aliphatic rings. The summed E-state index contributed by atoms with van der Waals surface area (Å²) >= 11 is 0. The van der Waals surface area contributed by atoms with E-state index in [0.29, 0.717) is 45.1 Å². The minimum absolute atomic E-state index is 0.278. The minimum Gasteiger partial charge on any atom is -0.496 e. The second-order valence-electron chi connectivity index (χ2n) is 7.44. The molecule has 0 saturated carbocycles. The van der Waals surface area contributed by atoms with Gasteiger partial charge >= 0.3 is 0 Å². The average Bonchev–Trinajstić information content (AvgIpc) is 2.82. The van der Waals surface area contributed by atoms with E-state index < -0.39 is 11.6 Å². The summed E-state index contributed by atoms with van der Waals surface area (Å²) in [6.45, 7) is 1.92. The summed E-state index contributed by atoms with van der Waals surface area (Å²) in [5.74, 6) is -0.113. The molecular weight excluding hydrogens is 412 g/mol. The van der Waals surface area contributed by atoms with Crippen molar-refractivity contribution in [2.75, 3.05) is 42.7 Å². The Morgan fingerprint density at radius 2 is 1.38 bits per heavy atom. The Kier molecular flexibility index (Phi) is 5.48. The third kappa shape index (κ3) is 2.71. The topological polar surface area (TPSA) is 72.5 Å². The summed E-state index contributed by atoms with van der Waals surface area (Å²) in [4.78, 5) is 14.1. The molecular formula is C25H26O7. The number of benzene rings is 3. The molecule has 0 aromatic heterocycles. The van der Waals surface area contributed by atoms with Crippen molar-refractivity contribution in [3.63, 3.8) is 0 Å². The Bertz CT molecular complexity index is 1230. The fourth-order valence-electron chi connectivity index (χ4n) is 4.69. The van der Waals surface area contributed by atoms with Crippen molar-refractivity contribution in [1.82, 2.24) is 0 Å². The first-order valence-electron chi connectivity index (χ1n) is 10.0. The summed E-state index contributed by atoms with van der Waals surface area (Å²) < 4.78 is 34.6. The van der Waals surface area contributed by atoms with Crippen molar-refractivity contribution in [3.8, 4) is 34.1 Å². The third-order valence-electron chi connectivity index (χ3n) is 6.00. The number of ether oxygens (including phenoxy) is 6. The van der Waals surface area contributed by atoms with E-state index in [1.807, 2.05) is 37.3 Å². The molecule has 0 saturated heterocycles. The number of Topliss-reactive ketones (excluding diaryl/α,β-unsaturated/α-hetero) is 1. The van der Waals surface area contributed by atoms with Crippen molar-refractivity contribution in [1.29, 1.82) is 0 Å². The molecule has 0 amide bonds. The standard InChI is InChI=1S/C25H26O7/c1-13-11-15-19(17(12-13)28-3)20-21(24(26)25(15,31-6)32-7)23(30-5)18-14(22(20)29-4)9-8-10-16(18)27-2/h8-12H,1-7H3. The van der Waals surface area contributed by atoms with Gasteiger partial charge in [0.1, 0.15) is 23.0 Å². The van der Waals surface area contributed by atoms with E-state index in [4.69, 9.17) is 28.4 Å². The fraction of sp³-hybridized carbons (Fsp3) is 0.320. The molecule has 7 nitrogen and oxygen atoms in total. The van der Waals surface area contributed by atoms with Crippen LogP contribution in [0.4, 0.5) is 0 Å². The van der Waals surface area contributed by atoms with Crippen LogP contribution in [0.3, 0.4) is 0 Å². The van der Waals surface area contributed by atoms with Gasteiger partial charge in [-0.15, -0.1) is 0 Å². The zero-order chi connectivity index (χ0) is 23.2. The summed E-state index contributed by atoms with van der Waals surface area (Å²) in [5.41, 5.74) is 2.92. The number of hydrogen-bond donors (Lipinski definition) is 0. The summed E-state index contributed by atoms with van der Waals surface area (Å²) in [6, 6.07) is 9.34. The lowest BCUT2D eigenvalue weighted by Gasteiger charge is -2.38. The molecule has 3 aromatic carbocycles. The van der Waals surface area contributed by atoms with Gasteiger partial charge in [0.15, 0.2) is 0 Å². The number of aryl methyl sites for hydroxylation is 1. The molecule has 168 valence electrons. The molecule has 0 radical (unpaired) electrons. The second kappa shape index (κ2) is 8.00. The van der Waals surface area contributed by atoms with Crippen LogP contribution in [-0.2, 0) is 15.3 Å². The van der Waals surface area contributed by atoms with E-state index >= 15 is 0 Å². The number of carbonyl (C=O) groups is 1. The number of carbonyl (C=O) groups excluding carboxylic acids is 1. The number of fused-ring (bicyclic) bond motifs is 4. The summed E-state index contributed by atoms with van der Waals surface area (Å²) in [7, 11) is 9.12. The van der Waals surface area contributed by atoms with Crippen LogP contribution in [0.5, 0.6) is 23.0 Å². The van der Waals surface area contributed by atoms with Crippen LogP contribution in [0.15, 0.2) is 30.3 Å². The van der Waals surface area contributed by atoms with Gasteiger partial charge in [-0.1, -0.05) is 12.1 Å². The Balaban J connectivity index is 2.34. The maximum atomic E-state index is 14.1. The van der Waals surface area contributed by atoms with Gasteiger partial charge in [-0.3, -0.25) is 4.79 Å². The second-order valence-corrected chi connectivity index (χ2v) is 7.44. The number of methoxy groups -OCH3 is 6. The van der Waals surface area contributed by atoms with Crippen LogP contribution in [0.25, 0.3) is 21.9 Å². The van der Waals surface area contributed by atoms with Gasteiger partial charge in [0, 0.05) is 36.3 Å². The largest absolute Gasteiger partial charge is 0.496 e. The van der Waals surface area contributed by atoms with Crippen LogP contribution in [0.2, 0.25) is 0 Å². The summed E-state index contributed by atoms with van der Waals surface area (Å²) in [5, 5.41) is 1.36. The zero-order valence-corrected chi connectivity index (χ0v) is 19.2. The normalized spacial score (nSPS) is 14.0. The van der Waals surface area contributed by atoms with Crippen LogP contribution in [0.1, 0.15) is 21.5 Å². The first-order valence-corrected chi connectivity index (χ1v) is 10.0. The molecule has 0 heterocycles. The van der Waals surface area contributed by atoms with E-state index in [1.54, 1.807) is 21.3 Å². The highest BCUT2D eigenvalue weighted by Gasteiger charge is 2.52. The molecule has 32 heavy (non-hydrogen) atoms. The highest BCUT2D eigenvalue weighted by Crippen LogP contribution is 2.57. The van der Waals surface area contributed by atoms with Crippen molar-refractivity contribution in [3.05, 3.63) is 47.0 Å². The molecule has 3 aromatic rings. The van der Waals surface area contributed by atoms with E-state index in [0.717, 1.165) is 10.9 Å². The fourth-order valence-corrected chi connectivity index (χ4v) is 4.69. The van der Waals surface area contributed by atoms with Gasteiger partial charge in [-0.25, -0.2) is 0 Å². The number of ketones is 1. The Hall–Kier alpha value is -3.29. The maximum Gasteiger partial charge on any atom is 0.261 e. The number of hydrogen-bond acceptors (Lipinski definition) is 7. The molecule has 0 fully saturated rings. The lowest BCUT2D eigenvalue weighted by atomic mass is 9.77. The van der Waals surface area contributed by atoms with E-state index in [-0.39, 0.29) is 5.56 Å². The van der Waals surface area contributed by atoms with Crippen LogP contribution in [-0.4, -0.2) is 48.4 Å². The van der Waals surface area contributed by atoms with Gasteiger partial charge in [0.05, 0.1) is 39.4 Å². The molecule has 0 atom stereocenters. The lowest BCUT2D eigenvalue weighted by Crippen LogP contribution is -2.43. The first kappa shape index (κ1) is 21.9. The highest BCUT2D eigenvalue weighted by molar-refractivity contribution is 6.21. The molecule has 0 aliphatic heterocycles. The number of rotatable bonds is 6. The van der Waals surface area contributed by atoms with Gasteiger partial charge < -0.3 is 28.4 Å². The predicted octanol–water partition coefficient (Wildman–Crippen LogP) is 4.49. The van der Waals surface area contributed by atoms with Crippen LogP contribution < -0.4 is 18.9 Å². The van der Waals surface area contributed by atoms with Crippen molar-refractivity contribution in [2.24, 2.45) is 0 Å². The Morgan fingerprint density at radius 3 is 1.94 bits per heavy atom. The van der Waals surface area contributed by atoms with Gasteiger partial charge in [-0.2, -0.15) is 0 Å². The maximum absolute atomic E-state index is 14.1. The van der Waals surface area contributed by atoms with Crippen LogP contribution in [0, 0.1) is 6.92 Å². The van der Waals surface area contributed by atoms with Crippen molar-refractivity contribution >= 4 is 16.6 Å². The van der Waals surface area contributed by atoms with Gasteiger partial charge in [0.25, 0.3) is 5.79 Å². The molecule has 0 spiro atoms. The Labute approximate surface area is 186 Å². The predicted molar refractivity (Wildman–Crippen MR) is 120 cm³/mol. The lowest BCUT2D eigenvalue weighted by molar-refractivity contribution is -0.176. The molecule has 0 bridgehead atoms. The molecule has 7 heteroatoms. The van der Waals surface area contributed by atoms with Gasteiger partial charge in [-0.05, 0) is 30.7 Å². The van der Waals surface area contributed by atoms with Crippen molar-refractivity contribution in [2.45, 2.75) is 12.7 Å². The Morgan fingerprint density at radius 1 is 0.719 bits per heavy atom. The molecule has 0 N–H and O–H groups in total. The third-order valence-corrected chi connectivity index (χ3v) is 6.00. The zero-order valence-electron chi connectivity index (χ0n) is 19.2. The monoisotopic (exact) mass is 438 g/mol. The van der Waals surface area contributed by atoms with Crippen LogP contribution >= 0.6 is 0 Å². The molecule has 1 aliphatic carbocycles. The highest BCUT2D eigenvalue weighted by atomic mass is 16.7. The average molecular weight is 438 g/mol. The summed E-state index contributed by atoms with van der Waals surface area (Å²) in [6.07, 6.45) is 0. The van der Waals surface area contributed by atoms with E-state index in [2.05, 4.69) is 0 Å². The quantitative estimate of drug-likeness (QED) is 0.525. The molecule has 0 unspecified atom stereocenters. The van der Waals surface area contributed by atoms with Gasteiger partial charge in [0.2, 0.25) is 5.78 Å².